The van der Waals surface area contributed by atoms with Crippen LogP contribution in [0.1, 0.15) is 5.76 Å². The maximum Gasteiger partial charge on any atom is 0.263 e. The van der Waals surface area contributed by atoms with Crippen LogP contribution in [-0.4, -0.2) is 20.4 Å². The number of nitrogens with one attached hydrogen (secondary N) is 1. The van der Waals surface area contributed by atoms with E-state index >= 15 is 0 Å². The molecule has 19 heavy (non-hydrogen) atoms. The van der Waals surface area contributed by atoms with E-state index in [-0.39, 0.29) is 17.5 Å². The van der Waals surface area contributed by atoms with Crippen molar-refractivity contribution in [3.63, 3.8) is 0 Å². The van der Waals surface area contributed by atoms with Crippen molar-refractivity contribution in [2.45, 2.75) is 11.8 Å². The third kappa shape index (κ3) is 2.22. The van der Waals surface area contributed by atoms with E-state index in [1.165, 1.54) is 18.2 Å². The van der Waals surface area contributed by atoms with Crippen molar-refractivity contribution in [1.82, 2.24) is 5.16 Å². The lowest BCUT2D eigenvalue weighted by Gasteiger charge is -2.05. The smallest absolute Gasteiger partial charge is 0.263 e. The minimum Gasteiger partial charge on any atom is -0.454 e. The van der Waals surface area contributed by atoms with Gasteiger partial charge in [-0.2, -0.15) is 0 Å². The van der Waals surface area contributed by atoms with Crippen LogP contribution in [0.3, 0.4) is 0 Å². The van der Waals surface area contributed by atoms with E-state index in [2.05, 4.69) is 9.88 Å². The molecule has 0 fully saturated rings. The van der Waals surface area contributed by atoms with E-state index in [4.69, 9.17) is 14.0 Å². The number of hydrogen-bond donors (Lipinski definition) is 1. The van der Waals surface area contributed by atoms with Crippen LogP contribution in [0.15, 0.2) is 33.7 Å². The topological polar surface area (TPSA) is 90.7 Å². The van der Waals surface area contributed by atoms with Gasteiger partial charge in [-0.25, -0.2) is 8.42 Å². The molecule has 0 saturated heterocycles. The zero-order chi connectivity index (χ0) is 13.5. The molecule has 0 atom stereocenters. The third-order valence-corrected chi connectivity index (χ3v) is 3.87. The predicted octanol–water partition coefficient (Wildman–Crippen LogP) is 1.51. The highest BCUT2D eigenvalue weighted by atomic mass is 32.2. The highest BCUT2D eigenvalue weighted by Crippen LogP contribution is 2.34. The Labute approximate surface area is 109 Å². The van der Waals surface area contributed by atoms with Crippen LogP contribution in [0.25, 0.3) is 0 Å². The molecule has 1 aromatic carbocycles. The van der Waals surface area contributed by atoms with Gasteiger partial charge in [-0.15, -0.1) is 0 Å². The van der Waals surface area contributed by atoms with Gasteiger partial charge in [0.15, 0.2) is 17.3 Å². The second-order valence-electron chi connectivity index (χ2n) is 3.94. The van der Waals surface area contributed by atoms with Crippen molar-refractivity contribution in [2.24, 2.45) is 0 Å². The van der Waals surface area contributed by atoms with E-state index in [0.29, 0.717) is 17.3 Å². The zero-order valence-electron chi connectivity index (χ0n) is 9.91. The Hall–Kier alpha value is -2.22. The van der Waals surface area contributed by atoms with Gasteiger partial charge in [-0.1, -0.05) is 5.16 Å². The minimum atomic E-state index is -3.73. The van der Waals surface area contributed by atoms with Gasteiger partial charge in [0.1, 0.15) is 5.76 Å². The van der Waals surface area contributed by atoms with E-state index in [9.17, 15) is 8.42 Å². The molecule has 3 rings (SSSR count). The molecule has 0 unspecified atom stereocenters. The van der Waals surface area contributed by atoms with Crippen LogP contribution < -0.4 is 14.2 Å². The van der Waals surface area contributed by atoms with Gasteiger partial charge < -0.3 is 14.0 Å². The SMILES string of the molecule is Cc1cc(NS(=O)(=O)c2ccc3c(c2)OCO3)no1. The van der Waals surface area contributed by atoms with Crippen molar-refractivity contribution in [1.29, 1.82) is 0 Å². The lowest BCUT2D eigenvalue weighted by atomic mass is 10.3. The number of aromatic nitrogens is 1. The maximum atomic E-state index is 12.1. The molecule has 1 aliphatic rings. The summed E-state index contributed by atoms with van der Waals surface area (Å²) in [6.07, 6.45) is 0. The van der Waals surface area contributed by atoms with Crippen LogP contribution in [0, 0.1) is 6.92 Å². The van der Waals surface area contributed by atoms with Crippen LogP contribution in [0.5, 0.6) is 11.5 Å². The monoisotopic (exact) mass is 282 g/mol. The molecule has 2 aromatic rings. The first kappa shape index (κ1) is 11.8. The summed E-state index contributed by atoms with van der Waals surface area (Å²) >= 11 is 0. The van der Waals surface area contributed by atoms with Crippen LogP contribution in [-0.2, 0) is 10.0 Å². The molecule has 2 heterocycles. The van der Waals surface area contributed by atoms with Crippen molar-refractivity contribution in [3.8, 4) is 11.5 Å². The molecule has 0 aliphatic carbocycles. The van der Waals surface area contributed by atoms with E-state index < -0.39 is 10.0 Å². The molecule has 7 nitrogen and oxygen atoms in total. The molecule has 1 aromatic heterocycles. The molecule has 0 bridgehead atoms. The number of anilines is 1. The summed E-state index contributed by atoms with van der Waals surface area (Å²) in [5.41, 5.74) is 0. The second kappa shape index (κ2) is 4.16. The number of ether oxygens (including phenoxy) is 2. The summed E-state index contributed by atoms with van der Waals surface area (Å²) in [4.78, 5) is 0.0670. The van der Waals surface area contributed by atoms with Crippen LogP contribution in [0.4, 0.5) is 5.82 Å². The summed E-state index contributed by atoms with van der Waals surface area (Å²) in [5, 5.41) is 3.58. The summed E-state index contributed by atoms with van der Waals surface area (Å²) in [5.74, 6) is 1.58. The van der Waals surface area contributed by atoms with Crippen LogP contribution >= 0.6 is 0 Å². The molecule has 0 amide bonds. The second-order valence-corrected chi connectivity index (χ2v) is 5.63. The summed E-state index contributed by atoms with van der Waals surface area (Å²) in [7, 11) is -3.73. The summed E-state index contributed by atoms with van der Waals surface area (Å²) < 4.78 is 41.6. The largest absolute Gasteiger partial charge is 0.454 e. The Balaban J connectivity index is 1.92. The predicted molar refractivity (Wildman–Crippen MR) is 64.6 cm³/mol. The lowest BCUT2D eigenvalue weighted by molar-refractivity contribution is 0.174. The van der Waals surface area contributed by atoms with Gasteiger partial charge in [0, 0.05) is 12.1 Å². The molecule has 0 spiro atoms. The first-order valence-electron chi connectivity index (χ1n) is 5.40. The number of fused-ring (bicyclic) bond motifs is 1. The Morgan fingerprint density at radius 3 is 2.74 bits per heavy atom. The van der Waals surface area contributed by atoms with E-state index in [1.807, 2.05) is 0 Å². The van der Waals surface area contributed by atoms with Gasteiger partial charge in [0.05, 0.1) is 4.90 Å². The average Bonchev–Trinajstić information content (AvgIpc) is 2.96. The van der Waals surface area contributed by atoms with Gasteiger partial charge in [-0.3, -0.25) is 4.72 Å². The van der Waals surface area contributed by atoms with Gasteiger partial charge in [-0.05, 0) is 19.1 Å². The molecule has 0 radical (unpaired) electrons. The van der Waals surface area contributed by atoms with E-state index in [1.54, 1.807) is 13.0 Å². The van der Waals surface area contributed by atoms with Crippen molar-refractivity contribution < 1.29 is 22.4 Å². The number of benzene rings is 1. The minimum absolute atomic E-state index is 0.0670. The summed E-state index contributed by atoms with van der Waals surface area (Å²) in [6.45, 7) is 1.76. The van der Waals surface area contributed by atoms with Crippen LogP contribution in [0.2, 0.25) is 0 Å². The zero-order valence-corrected chi connectivity index (χ0v) is 10.7. The Morgan fingerprint density at radius 1 is 1.21 bits per heavy atom. The van der Waals surface area contributed by atoms with Crippen molar-refractivity contribution in [2.75, 3.05) is 11.5 Å². The molecular weight excluding hydrogens is 272 g/mol. The molecule has 1 N–H and O–H groups in total. The Bertz CT molecular complexity index is 722. The molecule has 1 aliphatic heterocycles. The number of hydrogen-bond acceptors (Lipinski definition) is 6. The van der Waals surface area contributed by atoms with Crippen molar-refractivity contribution >= 4 is 15.8 Å². The lowest BCUT2D eigenvalue weighted by Crippen LogP contribution is -2.13. The highest BCUT2D eigenvalue weighted by molar-refractivity contribution is 7.92. The van der Waals surface area contributed by atoms with Gasteiger partial charge in [0.25, 0.3) is 10.0 Å². The normalized spacial score (nSPS) is 13.5. The average molecular weight is 282 g/mol. The standard InChI is InChI=1S/C11H10N2O5S/c1-7-4-11(12-18-7)13-19(14,15)8-2-3-9-10(5-8)17-6-16-9/h2-5H,6H2,1H3,(H,12,13). The van der Waals surface area contributed by atoms with Crippen molar-refractivity contribution in [3.05, 3.63) is 30.0 Å². The Morgan fingerprint density at radius 2 is 2.00 bits per heavy atom. The first-order chi connectivity index (χ1) is 9.04. The van der Waals surface area contributed by atoms with Gasteiger partial charge in [0.2, 0.25) is 6.79 Å². The quantitative estimate of drug-likeness (QED) is 0.917. The number of nitrogens with zero attached hydrogens (tertiary/aromatic N) is 1. The number of rotatable bonds is 3. The number of sulfonamides is 1. The molecule has 100 valence electrons. The highest BCUT2D eigenvalue weighted by Gasteiger charge is 2.21. The maximum absolute atomic E-state index is 12.1. The van der Waals surface area contributed by atoms with E-state index in [0.717, 1.165) is 0 Å². The third-order valence-electron chi connectivity index (χ3n) is 2.52. The van der Waals surface area contributed by atoms with Gasteiger partial charge >= 0.3 is 0 Å². The molecular formula is C11H10N2O5S. The fourth-order valence-electron chi connectivity index (χ4n) is 1.66. The Kier molecular flexibility index (Phi) is 2.59. The fourth-order valence-corrected chi connectivity index (χ4v) is 2.65. The summed E-state index contributed by atoms with van der Waals surface area (Å²) in [6, 6.07) is 5.87. The fraction of sp³-hybridized carbons (Fsp3) is 0.182. The first-order valence-corrected chi connectivity index (χ1v) is 6.89. The molecule has 8 heteroatoms. The number of aryl methyl sites for hydroxylation is 1. The molecule has 0 saturated carbocycles.